The van der Waals surface area contributed by atoms with E-state index < -0.39 is 23.7 Å². The van der Waals surface area contributed by atoms with Crippen molar-refractivity contribution in [3.05, 3.63) is 94.3 Å². The summed E-state index contributed by atoms with van der Waals surface area (Å²) in [5.74, 6) is -0.252. The van der Waals surface area contributed by atoms with Crippen molar-refractivity contribution in [3.63, 3.8) is 0 Å². The Labute approximate surface area is 231 Å². The number of amides is 1. The third-order valence-corrected chi connectivity index (χ3v) is 8.67. The fourth-order valence-corrected chi connectivity index (χ4v) is 6.23. The predicted molar refractivity (Wildman–Crippen MR) is 150 cm³/mol. The molecule has 5 rings (SSSR count). The molecular formula is C33H39NO5. The quantitative estimate of drug-likeness (QED) is 0.418. The van der Waals surface area contributed by atoms with Crippen LogP contribution in [0.1, 0.15) is 76.5 Å². The van der Waals surface area contributed by atoms with Gasteiger partial charge in [-0.1, -0.05) is 80.4 Å². The predicted octanol–water partition coefficient (Wildman–Crippen LogP) is 6.59. The first-order valence-electron chi connectivity index (χ1n) is 14.1. The molecule has 1 aliphatic heterocycles. The summed E-state index contributed by atoms with van der Waals surface area (Å²) < 4.78 is 12.9. The minimum atomic E-state index is -1.01. The van der Waals surface area contributed by atoms with Gasteiger partial charge in [0.15, 0.2) is 6.10 Å². The Kier molecular flexibility index (Phi) is 7.94. The average molecular weight is 530 g/mol. The van der Waals surface area contributed by atoms with Crippen molar-refractivity contribution in [1.82, 2.24) is 4.90 Å². The van der Waals surface area contributed by atoms with Crippen molar-refractivity contribution in [1.29, 1.82) is 0 Å². The van der Waals surface area contributed by atoms with Crippen LogP contribution < -0.4 is 0 Å². The number of allylic oxidation sites excluding steroid dienone is 2. The standard InChI is InChI=1S/C33H39NO5/c1-22-18-26-20-34(31(35)30(25-14-8-5-9-15-25)39-33(3)16-10-11-17-33)28(32(36)37)19-27(26)29(23(22)2)38-21-24-12-6-4-7-13-24/h4-9,12-15,22,28,30H,10-11,16-21H2,1-3H3,(H,36,37). The van der Waals surface area contributed by atoms with Crippen LogP contribution in [-0.4, -0.2) is 40.1 Å². The van der Waals surface area contributed by atoms with Crippen molar-refractivity contribution in [3.8, 4) is 0 Å². The summed E-state index contributed by atoms with van der Waals surface area (Å²) in [4.78, 5) is 28.4. The Balaban J connectivity index is 1.45. The fraction of sp³-hybridized carbons (Fsp3) is 0.455. The highest BCUT2D eigenvalue weighted by molar-refractivity contribution is 5.88. The molecule has 39 heavy (non-hydrogen) atoms. The smallest absolute Gasteiger partial charge is 0.326 e. The molecule has 2 aromatic carbocycles. The Morgan fingerprint density at radius 3 is 2.31 bits per heavy atom. The molecule has 3 atom stereocenters. The van der Waals surface area contributed by atoms with Crippen molar-refractivity contribution in [2.24, 2.45) is 5.92 Å². The second-order valence-corrected chi connectivity index (χ2v) is 11.6. The summed E-state index contributed by atoms with van der Waals surface area (Å²) >= 11 is 0. The summed E-state index contributed by atoms with van der Waals surface area (Å²) in [6, 6.07) is 18.5. The highest BCUT2D eigenvalue weighted by atomic mass is 16.5. The van der Waals surface area contributed by atoms with Crippen LogP contribution in [-0.2, 0) is 25.7 Å². The van der Waals surface area contributed by atoms with Gasteiger partial charge < -0.3 is 19.5 Å². The maximum Gasteiger partial charge on any atom is 0.326 e. The van der Waals surface area contributed by atoms with Gasteiger partial charge in [0.25, 0.3) is 5.91 Å². The van der Waals surface area contributed by atoms with Gasteiger partial charge in [-0.05, 0) is 66.9 Å². The number of benzene rings is 2. The largest absolute Gasteiger partial charge is 0.489 e. The molecular weight excluding hydrogens is 490 g/mol. The number of rotatable bonds is 8. The molecule has 206 valence electrons. The van der Waals surface area contributed by atoms with Crippen molar-refractivity contribution >= 4 is 11.9 Å². The highest BCUT2D eigenvalue weighted by Crippen LogP contribution is 2.43. The van der Waals surface area contributed by atoms with Crippen LogP contribution in [0, 0.1) is 5.92 Å². The first-order valence-corrected chi connectivity index (χ1v) is 14.1. The second kappa shape index (κ2) is 11.4. The van der Waals surface area contributed by atoms with Gasteiger partial charge >= 0.3 is 5.97 Å². The third kappa shape index (κ3) is 5.81. The normalized spacial score (nSPS) is 23.4. The van der Waals surface area contributed by atoms with E-state index in [2.05, 4.69) is 20.8 Å². The lowest BCUT2D eigenvalue weighted by atomic mass is 9.79. The average Bonchev–Trinajstić information content (AvgIpc) is 3.38. The lowest BCUT2D eigenvalue weighted by Gasteiger charge is -2.42. The van der Waals surface area contributed by atoms with Crippen molar-refractivity contribution < 1.29 is 24.2 Å². The van der Waals surface area contributed by atoms with Crippen LogP contribution in [0.25, 0.3) is 0 Å². The third-order valence-electron chi connectivity index (χ3n) is 8.67. The minimum Gasteiger partial charge on any atom is -0.489 e. The van der Waals surface area contributed by atoms with Gasteiger partial charge in [-0.2, -0.15) is 0 Å². The molecule has 0 aromatic heterocycles. The number of aliphatic carboxylic acids is 1. The molecule has 1 N–H and O–H groups in total. The number of ether oxygens (including phenoxy) is 2. The van der Waals surface area contributed by atoms with Gasteiger partial charge in [-0.3, -0.25) is 4.79 Å². The Morgan fingerprint density at radius 2 is 1.67 bits per heavy atom. The highest BCUT2D eigenvalue weighted by Gasteiger charge is 2.44. The van der Waals surface area contributed by atoms with Gasteiger partial charge in [-0.15, -0.1) is 0 Å². The fourth-order valence-electron chi connectivity index (χ4n) is 6.23. The summed E-state index contributed by atoms with van der Waals surface area (Å²) in [6.07, 6.45) is 4.09. The molecule has 1 saturated carbocycles. The van der Waals surface area contributed by atoms with E-state index in [4.69, 9.17) is 9.47 Å². The molecule has 1 heterocycles. The van der Waals surface area contributed by atoms with E-state index in [1.807, 2.05) is 60.7 Å². The molecule has 3 aliphatic rings. The Bertz CT molecular complexity index is 1260. The molecule has 1 fully saturated rings. The van der Waals surface area contributed by atoms with Crippen LogP contribution in [0.5, 0.6) is 0 Å². The number of carboxylic acids is 1. The lowest BCUT2D eigenvalue weighted by molar-refractivity contribution is -0.164. The number of nitrogens with zero attached hydrogens (tertiary/aromatic N) is 1. The first kappa shape index (κ1) is 27.2. The topological polar surface area (TPSA) is 76.1 Å². The Morgan fingerprint density at radius 1 is 1.03 bits per heavy atom. The number of hydrogen-bond donors (Lipinski definition) is 1. The van der Waals surface area contributed by atoms with Gasteiger partial charge in [0.1, 0.15) is 18.4 Å². The van der Waals surface area contributed by atoms with E-state index >= 15 is 0 Å². The van der Waals surface area contributed by atoms with E-state index in [1.54, 1.807) is 4.90 Å². The van der Waals surface area contributed by atoms with E-state index in [0.717, 1.165) is 65.7 Å². The molecule has 1 amide bonds. The molecule has 6 nitrogen and oxygen atoms in total. The molecule has 0 bridgehead atoms. The lowest BCUT2D eigenvalue weighted by Crippen LogP contribution is -2.52. The van der Waals surface area contributed by atoms with Crippen LogP contribution in [0.4, 0.5) is 0 Å². The van der Waals surface area contributed by atoms with Crippen molar-refractivity contribution in [2.45, 2.75) is 83.6 Å². The van der Waals surface area contributed by atoms with E-state index in [1.165, 1.54) is 0 Å². The van der Waals surface area contributed by atoms with Gasteiger partial charge in [0.2, 0.25) is 0 Å². The zero-order valence-corrected chi connectivity index (χ0v) is 23.2. The van der Waals surface area contributed by atoms with Gasteiger partial charge in [0.05, 0.1) is 5.60 Å². The van der Waals surface area contributed by atoms with E-state index in [-0.39, 0.29) is 24.8 Å². The van der Waals surface area contributed by atoms with Crippen LogP contribution >= 0.6 is 0 Å². The zero-order valence-electron chi connectivity index (χ0n) is 23.2. The van der Waals surface area contributed by atoms with Gasteiger partial charge in [0, 0.05) is 13.0 Å². The van der Waals surface area contributed by atoms with Gasteiger partial charge in [-0.25, -0.2) is 4.79 Å². The van der Waals surface area contributed by atoms with Crippen molar-refractivity contribution in [2.75, 3.05) is 6.54 Å². The molecule has 3 unspecified atom stereocenters. The van der Waals surface area contributed by atoms with E-state index in [9.17, 15) is 14.7 Å². The summed E-state index contributed by atoms with van der Waals surface area (Å²) in [6.45, 7) is 6.99. The molecule has 2 aliphatic carbocycles. The molecule has 0 saturated heterocycles. The number of carbonyl (C=O) groups excluding carboxylic acids is 1. The number of carboxylic acid groups (broad SMARTS) is 1. The first-order chi connectivity index (χ1) is 18.8. The summed E-state index contributed by atoms with van der Waals surface area (Å²) in [7, 11) is 0. The molecule has 2 aromatic rings. The number of carbonyl (C=O) groups is 2. The summed E-state index contributed by atoms with van der Waals surface area (Å²) in [5, 5.41) is 10.3. The minimum absolute atomic E-state index is 0.226. The maximum absolute atomic E-state index is 14.2. The molecule has 0 radical (unpaired) electrons. The molecule has 6 heteroatoms. The maximum atomic E-state index is 14.2. The van der Waals surface area contributed by atoms with E-state index in [0.29, 0.717) is 6.61 Å². The SMILES string of the molecule is CC1=C(OCc2ccccc2)C2=C(CC1C)CN(C(=O)C(OC1(C)CCCC1)c1ccccc1)C(C(=O)O)C2. The second-order valence-electron chi connectivity index (χ2n) is 11.6. The zero-order chi connectivity index (χ0) is 27.6. The monoisotopic (exact) mass is 529 g/mol. The van der Waals surface area contributed by atoms with Crippen LogP contribution in [0.3, 0.4) is 0 Å². The Hall–Kier alpha value is -3.38. The van der Waals surface area contributed by atoms with Crippen LogP contribution in [0.15, 0.2) is 83.1 Å². The molecule has 0 spiro atoms. The number of hydrogen-bond acceptors (Lipinski definition) is 4. The summed E-state index contributed by atoms with van der Waals surface area (Å²) in [5.41, 5.74) is 4.59. The van der Waals surface area contributed by atoms with Crippen LogP contribution in [0.2, 0.25) is 0 Å².